The molecule has 1 rings (SSSR count). The number of urea groups is 1. The molecule has 0 aliphatic heterocycles. The van der Waals surface area contributed by atoms with E-state index in [-0.39, 0.29) is 18.0 Å². The van der Waals surface area contributed by atoms with E-state index in [1.165, 1.54) is 18.2 Å². The van der Waals surface area contributed by atoms with Crippen molar-refractivity contribution in [2.45, 2.75) is 6.42 Å². The number of amides is 3. The van der Waals surface area contributed by atoms with Crippen LogP contribution >= 0.6 is 11.6 Å². The molecular weight excluding hydrogens is 235 g/mol. The molecule has 2 N–H and O–H groups in total. The summed E-state index contributed by atoms with van der Waals surface area (Å²) < 4.78 is 12.7. The smallest absolute Gasteiger partial charge is 0.308 e. The minimum Gasteiger partial charge on any atom is -0.308 e. The van der Waals surface area contributed by atoms with Gasteiger partial charge in [0.25, 0.3) is 0 Å². The molecule has 0 saturated heterocycles. The molecule has 0 aliphatic carbocycles. The van der Waals surface area contributed by atoms with E-state index in [1.54, 1.807) is 0 Å². The first-order valence-electron chi connectivity index (χ1n) is 4.54. The van der Waals surface area contributed by atoms with Crippen LogP contribution < -0.4 is 10.6 Å². The Hall–Kier alpha value is -1.62. The molecule has 0 fully saturated rings. The van der Waals surface area contributed by atoms with Crippen LogP contribution in [0.3, 0.4) is 0 Å². The van der Waals surface area contributed by atoms with Gasteiger partial charge in [-0.2, -0.15) is 0 Å². The first kappa shape index (κ1) is 12.4. The Balaban J connectivity index is 2.48. The summed E-state index contributed by atoms with van der Waals surface area (Å²) in [5.74, 6) is -0.812. The van der Waals surface area contributed by atoms with Crippen LogP contribution in [-0.2, 0) is 4.79 Å². The first-order valence-corrected chi connectivity index (χ1v) is 5.07. The second-order valence-corrected chi connectivity index (χ2v) is 3.33. The maximum atomic E-state index is 12.7. The number of hydrogen-bond donors (Lipinski definition) is 2. The fourth-order valence-corrected chi connectivity index (χ4v) is 1.18. The normalized spacial score (nSPS) is 9.62. The molecule has 0 heterocycles. The fraction of sp³-hybridized carbons (Fsp3) is 0.200. The number of carbonyl (C=O) groups is 2. The molecular formula is C10H10ClFN2O2. The third-order valence-electron chi connectivity index (χ3n) is 1.66. The quantitative estimate of drug-likeness (QED) is 0.800. The van der Waals surface area contributed by atoms with Gasteiger partial charge in [0, 0.05) is 18.0 Å². The predicted molar refractivity (Wildman–Crippen MR) is 58.9 cm³/mol. The second kappa shape index (κ2) is 6.07. The third kappa shape index (κ3) is 4.27. The van der Waals surface area contributed by atoms with Crippen molar-refractivity contribution in [1.82, 2.24) is 5.32 Å². The number of anilines is 1. The maximum Gasteiger partial charge on any atom is 0.325 e. The van der Waals surface area contributed by atoms with Crippen LogP contribution in [0.15, 0.2) is 24.3 Å². The number of benzene rings is 1. The summed E-state index contributed by atoms with van der Waals surface area (Å²) in [6.45, 7) is 0. The molecule has 16 heavy (non-hydrogen) atoms. The highest BCUT2D eigenvalue weighted by Gasteiger charge is 2.07. The van der Waals surface area contributed by atoms with Gasteiger partial charge < -0.3 is 5.32 Å². The van der Waals surface area contributed by atoms with Crippen LogP contribution in [0.5, 0.6) is 0 Å². The number of alkyl halides is 1. The summed E-state index contributed by atoms with van der Waals surface area (Å²) in [6.07, 6.45) is 0.0537. The summed E-state index contributed by atoms with van der Waals surface area (Å²) >= 11 is 5.32. The van der Waals surface area contributed by atoms with Gasteiger partial charge in [-0.25, -0.2) is 9.18 Å². The van der Waals surface area contributed by atoms with Crippen LogP contribution in [-0.4, -0.2) is 17.8 Å². The highest BCUT2D eigenvalue weighted by molar-refractivity contribution is 6.19. The van der Waals surface area contributed by atoms with E-state index in [1.807, 2.05) is 0 Å². The Bertz CT molecular complexity index is 398. The van der Waals surface area contributed by atoms with Gasteiger partial charge in [-0.05, 0) is 18.2 Å². The summed E-state index contributed by atoms with van der Waals surface area (Å²) in [4.78, 5) is 22.2. The Morgan fingerprint density at radius 2 is 2.12 bits per heavy atom. The maximum absolute atomic E-state index is 12.7. The average molecular weight is 245 g/mol. The van der Waals surface area contributed by atoms with Crippen LogP contribution in [0, 0.1) is 5.82 Å². The topological polar surface area (TPSA) is 58.2 Å². The van der Waals surface area contributed by atoms with Crippen molar-refractivity contribution in [1.29, 1.82) is 0 Å². The molecule has 0 aliphatic rings. The van der Waals surface area contributed by atoms with E-state index < -0.39 is 17.8 Å². The molecule has 86 valence electrons. The predicted octanol–water partition coefficient (Wildman–Crippen LogP) is 2.10. The van der Waals surface area contributed by atoms with Gasteiger partial charge in [0.1, 0.15) is 5.82 Å². The second-order valence-electron chi connectivity index (χ2n) is 2.95. The highest BCUT2D eigenvalue weighted by Crippen LogP contribution is 2.08. The molecule has 6 heteroatoms. The molecule has 0 aromatic heterocycles. The van der Waals surface area contributed by atoms with E-state index in [0.717, 1.165) is 6.07 Å². The monoisotopic (exact) mass is 244 g/mol. The van der Waals surface area contributed by atoms with Gasteiger partial charge >= 0.3 is 6.03 Å². The Morgan fingerprint density at radius 3 is 2.75 bits per heavy atom. The minimum atomic E-state index is -0.708. The molecule has 0 saturated carbocycles. The SMILES string of the molecule is O=C(CCCl)NC(=O)Nc1cccc(F)c1. The van der Waals surface area contributed by atoms with Crippen molar-refractivity contribution in [3.05, 3.63) is 30.1 Å². The van der Waals surface area contributed by atoms with Gasteiger partial charge in [-0.1, -0.05) is 6.07 Å². The van der Waals surface area contributed by atoms with Crippen LogP contribution in [0.4, 0.5) is 14.9 Å². The van der Waals surface area contributed by atoms with Gasteiger partial charge in [0.05, 0.1) is 0 Å². The molecule has 0 unspecified atom stereocenters. The van der Waals surface area contributed by atoms with Gasteiger partial charge in [0.2, 0.25) is 5.91 Å². The molecule has 0 spiro atoms. The van der Waals surface area contributed by atoms with Crippen LogP contribution in [0.2, 0.25) is 0 Å². The van der Waals surface area contributed by atoms with E-state index >= 15 is 0 Å². The van der Waals surface area contributed by atoms with Crippen LogP contribution in [0.1, 0.15) is 6.42 Å². The number of hydrogen-bond acceptors (Lipinski definition) is 2. The lowest BCUT2D eigenvalue weighted by atomic mass is 10.3. The third-order valence-corrected chi connectivity index (χ3v) is 1.85. The van der Waals surface area contributed by atoms with Crippen molar-refractivity contribution in [3.63, 3.8) is 0 Å². The lowest BCUT2D eigenvalue weighted by molar-refractivity contribution is -0.119. The number of rotatable bonds is 3. The van der Waals surface area contributed by atoms with E-state index in [9.17, 15) is 14.0 Å². The molecule has 0 atom stereocenters. The molecule has 1 aromatic carbocycles. The zero-order valence-electron chi connectivity index (χ0n) is 8.30. The van der Waals surface area contributed by atoms with Gasteiger partial charge in [0.15, 0.2) is 0 Å². The minimum absolute atomic E-state index is 0.0537. The number of carbonyl (C=O) groups excluding carboxylic acids is 2. The Kier molecular flexibility index (Phi) is 4.72. The number of imide groups is 1. The highest BCUT2D eigenvalue weighted by atomic mass is 35.5. The average Bonchev–Trinajstić information content (AvgIpc) is 2.17. The summed E-state index contributed by atoms with van der Waals surface area (Å²) in [6, 6.07) is 4.65. The largest absolute Gasteiger partial charge is 0.325 e. The van der Waals surface area contributed by atoms with Crippen molar-refractivity contribution in [2.24, 2.45) is 0 Å². The number of halogens is 2. The van der Waals surface area contributed by atoms with Crippen LogP contribution in [0.25, 0.3) is 0 Å². The van der Waals surface area contributed by atoms with E-state index in [2.05, 4.69) is 10.6 Å². The van der Waals surface area contributed by atoms with Crippen molar-refractivity contribution < 1.29 is 14.0 Å². The zero-order chi connectivity index (χ0) is 12.0. The first-order chi connectivity index (χ1) is 7.61. The summed E-state index contributed by atoms with van der Waals surface area (Å²) in [7, 11) is 0. The lowest BCUT2D eigenvalue weighted by Crippen LogP contribution is -2.34. The van der Waals surface area contributed by atoms with Gasteiger partial charge in [-0.3, -0.25) is 10.1 Å². The van der Waals surface area contributed by atoms with Crippen molar-refractivity contribution in [2.75, 3.05) is 11.2 Å². The van der Waals surface area contributed by atoms with Crippen molar-refractivity contribution >= 4 is 29.2 Å². The number of nitrogens with one attached hydrogen (secondary N) is 2. The van der Waals surface area contributed by atoms with E-state index in [0.29, 0.717) is 0 Å². The fourth-order valence-electron chi connectivity index (χ4n) is 1.00. The van der Waals surface area contributed by atoms with E-state index in [4.69, 9.17) is 11.6 Å². The standard InChI is InChI=1S/C10H10ClFN2O2/c11-5-4-9(15)14-10(16)13-8-3-1-2-7(12)6-8/h1-3,6H,4-5H2,(H2,13,14,15,16). The molecule has 0 bridgehead atoms. The summed E-state index contributed by atoms with van der Waals surface area (Å²) in [5, 5.41) is 4.37. The zero-order valence-corrected chi connectivity index (χ0v) is 9.05. The van der Waals surface area contributed by atoms with Gasteiger partial charge in [-0.15, -0.1) is 11.6 Å². The van der Waals surface area contributed by atoms with Crippen molar-refractivity contribution in [3.8, 4) is 0 Å². The Labute approximate surface area is 96.8 Å². The molecule has 3 amide bonds. The molecule has 0 radical (unpaired) electrons. The Morgan fingerprint density at radius 1 is 1.38 bits per heavy atom. The lowest BCUT2D eigenvalue weighted by Gasteiger charge is -2.05. The molecule has 4 nitrogen and oxygen atoms in total. The molecule has 1 aromatic rings. The summed E-state index contributed by atoms with van der Waals surface area (Å²) in [5.41, 5.74) is 0.274.